The van der Waals surface area contributed by atoms with Gasteiger partial charge < -0.3 is 14.7 Å². The highest BCUT2D eigenvalue weighted by molar-refractivity contribution is 6.45. The number of rotatable bonds is 11. The number of hydrogen-bond donors (Lipinski definition) is 4. The van der Waals surface area contributed by atoms with Gasteiger partial charge in [-0.3, -0.25) is 24.8 Å². The van der Waals surface area contributed by atoms with Crippen molar-refractivity contribution < 1.29 is 28.1 Å². The van der Waals surface area contributed by atoms with Crippen LogP contribution in [0.15, 0.2) is 109 Å². The number of aromatic amines is 2. The van der Waals surface area contributed by atoms with Crippen molar-refractivity contribution in [2.24, 2.45) is 0 Å². The number of aromatic nitrogens is 10. The van der Waals surface area contributed by atoms with Crippen molar-refractivity contribution in [3.63, 3.8) is 0 Å². The van der Waals surface area contributed by atoms with E-state index in [0.29, 0.717) is 88.0 Å². The number of Topliss-reactive ketones (excluding diaryl/α,β-unsaturated/α-hetero) is 2. The molecule has 8 heterocycles. The molecule has 21 heteroatoms. The number of pyridine rings is 2. The fourth-order valence-corrected chi connectivity index (χ4v) is 8.80. The lowest BCUT2D eigenvalue weighted by Crippen LogP contribution is -2.50. The fourth-order valence-electron chi connectivity index (χ4n) is 8.80. The van der Waals surface area contributed by atoms with Gasteiger partial charge in [-0.05, 0) is 66.3 Å². The summed E-state index contributed by atoms with van der Waals surface area (Å²) in [4.78, 5) is 56.1. The molecular formula is C48H40FN16O4+. The molecular weight excluding hydrogens is 884 g/mol. The summed E-state index contributed by atoms with van der Waals surface area (Å²) in [5.41, 5.74) is 12.1. The largest absolute Gasteiger partial charge is 0.492 e. The Morgan fingerprint density at radius 3 is 2.20 bits per heavy atom. The number of nitrogens with zero attached hydrogens (tertiary/aromatic N) is 12. The summed E-state index contributed by atoms with van der Waals surface area (Å²) in [5, 5.41) is 36.2. The van der Waals surface area contributed by atoms with E-state index in [4.69, 9.17) is 4.74 Å². The molecule has 0 atom stereocenters. The van der Waals surface area contributed by atoms with Crippen LogP contribution in [0.4, 0.5) is 4.39 Å². The molecule has 0 saturated carbocycles. The van der Waals surface area contributed by atoms with E-state index >= 15 is 4.39 Å². The van der Waals surface area contributed by atoms with Crippen LogP contribution in [0.1, 0.15) is 50.5 Å². The smallest absolute Gasteiger partial charge is 0.338 e. The fraction of sp³-hybridized carbons (Fsp3) is 0.188. The number of benzene rings is 2. The minimum absolute atomic E-state index is 0.0443. The molecule has 2 aliphatic rings. The van der Waals surface area contributed by atoms with Gasteiger partial charge in [-0.2, -0.15) is 20.1 Å². The van der Waals surface area contributed by atoms with E-state index < -0.39 is 17.5 Å². The normalized spacial score (nSPS) is 15.8. The second-order valence-electron chi connectivity index (χ2n) is 16.2. The third-order valence-electron chi connectivity index (χ3n) is 12.2. The summed E-state index contributed by atoms with van der Waals surface area (Å²) >= 11 is 0. The zero-order chi connectivity index (χ0) is 47.8. The molecule has 0 radical (unpaired) electrons. The molecule has 2 aliphatic heterocycles. The quantitative estimate of drug-likeness (QED) is 0.0615. The predicted octanol–water partition coefficient (Wildman–Crippen LogP) is 4.21. The van der Waals surface area contributed by atoms with Gasteiger partial charge in [-0.25, -0.2) is 24.5 Å². The zero-order valence-corrected chi connectivity index (χ0v) is 37.1. The number of ketones is 2. The van der Waals surface area contributed by atoms with Crippen LogP contribution >= 0.6 is 0 Å². The van der Waals surface area contributed by atoms with Crippen LogP contribution in [0, 0.1) is 35.4 Å². The van der Waals surface area contributed by atoms with Crippen LogP contribution in [0.25, 0.3) is 50.3 Å². The van der Waals surface area contributed by atoms with Gasteiger partial charge in [0.05, 0.1) is 77.4 Å². The first-order chi connectivity index (χ1) is 33.6. The summed E-state index contributed by atoms with van der Waals surface area (Å²) in [6.07, 6.45) is 11.2. The van der Waals surface area contributed by atoms with E-state index in [2.05, 4.69) is 58.3 Å². The van der Waals surface area contributed by atoms with Gasteiger partial charge in [0.2, 0.25) is 6.33 Å². The Labute approximate surface area is 391 Å². The van der Waals surface area contributed by atoms with Crippen molar-refractivity contribution in [1.29, 1.82) is 10.5 Å². The molecule has 20 nitrogen and oxygen atoms in total. The van der Waals surface area contributed by atoms with E-state index in [-0.39, 0.29) is 41.9 Å². The van der Waals surface area contributed by atoms with Crippen molar-refractivity contribution in [2.45, 2.75) is 19.8 Å². The lowest BCUT2D eigenvalue weighted by atomic mass is 9.97. The summed E-state index contributed by atoms with van der Waals surface area (Å²) in [6.45, 7) is 2.82. The Kier molecular flexibility index (Phi) is 11.7. The van der Waals surface area contributed by atoms with E-state index in [1.165, 1.54) is 35.4 Å². The van der Waals surface area contributed by atoms with Crippen molar-refractivity contribution >= 4 is 50.4 Å². The van der Waals surface area contributed by atoms with Gasteiger partial charge in [0.15, 0.2) is 29.0 Å². The number of carbonyl (C=O) groups is 3. The number of amides is 1. The highest BCUT2D eigenvalue weighted by atomic mass is 19.1. The molecule has 0 unspecified atom stereocenters. The van der Waals surface area contributed by atoms with Gasteiger partial charge in [0.1, 0.15) is 17.4 Å². The number of allylic oxidation sites excluding steroid dienone is 2. The molecule has 8 aromatic rings. The summed E-state index contributed by atoms with van der Waals surface area (Å²) in [6, 6.07) is 21.3. The summed E-state index contributed by atoms with van der Waals surface area (Å²) in [7, 11) is 1.47. The lowest BCUT2D eigenvalue weighted by Gasteiger charge is -2.29. The van der Waals surface area contributed by atoms with Crippen LogP contribution in [0.2, 0.25) is 0 Å². The van der Waals surface area contributed by atoms with Gasteiger partial charge in [0.25, 0.3) is 5.78 Å². The molecule has 6 aromatic heterocycles. The van der Waals surface area contributed by atoms with Gasteiger partial charge in [0, 0.05) is 44.1 Å². The van der Waals surface area contributed by atoms with E-state index in [0.717, 1.165) is 22.9 Å². The number of carbonyl (C=O) groups excluding carboxylic acids is 3. The van der Waals surface area contributed by atoms with Crippen LogP contribution in [0.5, 0.6) is 5.75 Å². The SMILES string of the molecule is COc1c[n+](-c2ccc(/C(C#N)=C3/CCN(CC(=O)c4c[nH]c5c(-n6ccnn6)ncc(F)c45)NC3)cc2)c(-n2cnc(C)n2)c2[nH]cc(C(=O)C(=O)N3CC/C(=C(\C#N)c4ccccc4)CN3)c12. The number of fused-ring (bicyclic) bond motifs is 2. The number of aryl methyl sites for hydroxylation is 1. The summed E-state index contributed by atoms with van der Waals surface area (Å²) in [5.74, 6) is -0.923. The van der Waals surface area contributed by atoms with Gasteiger partial charge in [-0.1, -0.05) is 45.3 Å². The number of hydrazine groups is 2. The topological polar surface area (TPSA) is 248 Å². The first kappa shape index (κ1) is 43.9. The number of methoxy groups -OCH3 is 1. The number of halogens is 1. The van der Waals surface area contributed by atoms with Crippen molar-refractivity contribution in [3.8, 4) is 35.2 Å². The second-order valence-corrected chi connectivity index (χ2v) is 16.2. The van der Waals surface area contributed by atoms with E-state index in [1.54, 1.807) is 35.3 Å². The minimum atomic E-state index is -0.768. The number of ether oxygens (including phenoxy) is 1. The monoisotopic (exact) mass is 923 g/mol. The van der Waals surface area contributed by atoms with Crippen LogP contribution in [-0.2, 0) is 4.79 Å². The summed E-state index contributed by atoms with van der Waals surface area (Å²) < 4.78 is 25.7. The maximum atomic E-state index is 15.1. The number of H-pyrrole nitrogens is 2. The molecule has 0 aliphatic carbocycles. The standard InChI is InChI=1S/C48H39FN16O4/c1-28-55-27-65(59-28)47-44-42(37(23-53-44)45(67)48(68)64-16-13-32(21-58-64)34(18-50)29-6-4-3-5-7-29)40(69-2)26-62(47)33-10-8-30(9-11-33)35(19-51)31-12-15-61(57-20-31)25-39(66)36-22-52-43-41(36)38(49)24-54-46(43)63-17-14-56-60-63/h3-11,14,17,22-24,26-27,57-58H,12-13,15-16,20-21,25H2,1-2H3,(H,52,54,66)/p+1/b34-32-,35-31-. The van der Waals surface area contributed by atoms with Crippen molar-refractivity contribution in [1.82, 2.24) is 65.6 Å². The number of hydrogen-bond acceptors (Lipinski definition) is 14. The molecule has 69 heavy (non-hydrogen) atoms. The Bertz CT molecular complexity index is 3470. The molecule has 1 amide bonds. The Morgan fingerprint density at radius 2 is 1.57 bits per heavy atom. The predicted molar refractivity (Wildman–Crippen MR) is 246 cm³/mol. The first-order valence-corrected chi connectivity index (χ1v) is 21.7. The van der Waals surface area contributed by atoms with E-state index in [1.807, 2.05) is 59.2 Å². The maximum Gasteiger partial charge on any atom is 0.338 e. The highest BCUT2D eigenvalue weighted by Gasteiger charge is 2.34. The highest BCUT2D eigenvalue weighted by Crippen LogP contribution is 2.33. The van der Waals surface area contributed by atoms with Crippen LogP contribution in [-0.4, -0.2) is 112 Å². The maximum absolute atomic E-state index is 15.1. The lowest BCUT2D eigenvalue weighted by molar-refractivity contribution is -0.589. The third kappa shape index (κ3) is 8.08. The zero-order valence-electron chi connectivity index (χ0n) is 37.1. The van der Waals surface area contributed by atoms with Crippen molar-refractivity contribution in [3.05, 3.63) is 143 Å². The van der Waals surface area contributed by atoms with Crippen LogP contribution < -0.4 is 20.2 Å². The molecule has 2 aromatic carbocycles. The Balaban J connectivity index is 0.881. The molecule has 2 fully saturated rings. The third-order valence-corrected chi connectivity index (χ3v) is 12.2. The number of nitrogens with one attached hydrogen (secondary N) is 4. The van der Waals surface area contributed by atoms with Crippen molar-refractivity contribution in [2.75, 3.05) is 39.8 Å². The minimum Gasteiger partial charge on any atom is -0.492 e. The molecule has 0 spiro atoms. The Hall–Kier alpha value is -9.02. The second kappa shape index (κ2) is 18.3. The van der Waals surface area contributed by atoms with Gasteiger partial charge >= 0.3 is 11.7 Å². The average Bonchev–Trinajstić information content (AvgIpc) is 4.24. The first-order valence-electron chi connectivity index (χ1n) is 21.7. The molecule has 2 saturated heterocycles. The van der Waals surface area contributed by atoms with E-state index in [9.17, 15) is 24.9 Å². The van der Waals surface area contributed by atoms with Crippen LogP contribution in [0.3, 0.4) is 0 Å². The molecule has 0 bridgehead atoms. The average molecular weight is 924 g/mol. The van der Waals surface area contributed by atoms with Gasteiger partial charge in [-0.15, -0.1) is 5.10 Å². The molecule has 10 rings (SSSR count). The number of nitriles is 2. The molecule has 4 N–H and O–H groups in total. The molecule has 342 valence electrons. The Morgan fingerprint density at radius 1 is 0.855 bits per heavy atom.